The molecule has 2 N–H and O–H groups in total. The van der Waals surface area contributed by atoms with Crippen LogP contribution in [0.5, 0.6) is 0 Å². The van der Waals surface area contributed by atoms with Crippen molar-refractivity contribution >= 4 is 36.9 Å². The van der Waals surface area contributed by atoms with Crippen LogP contribution in [0.25, 0.3) is 0 Å². The maximum atomic E-state index is 13.7. The Kier molecular flexibility index (Phi) is 11.8. The zero-order chi connectivity index (χ0) is 26.1. The van der Waals surface area contributed by atoms with Gasteiger partial charge in [-0.1, -0.05) is 24.2 Å². The van der Waals surface area contributed by atoms with Crippen molar-refractivity contribution in [1.82, 2.24) is 15.1 Å². The first-order valence-electron chi connectivity index (χ1n) is 12.9. The molecule has 0 radical (unpaired) electrons. The molecule has 1 aromatic carbocycles. The van der Waals surface area contributed by atoms with Crippen molar-refractivity contribution in [3.05, 3.63) is 35.6 Å². The minimum atomic E-state index is -0.459. The Bertz CT molecular complexity index is 860. The smallest absolute Gasteiger partial charge is 0.234 e. The van der Waals surface area contributed by atoms with Crippen LogP contribution in [0.1, 0.15) is 44.1 Å². The third-order valence-corrected chi connectivity index (χ3v) is 7.87. The van der Waals surface area contributed by atoms with E-state index in [1.807, 2.05) is 12.1 Å². The van der Waals surface area contributed by atoms with E-state index in [2.05, 4.69) is 52.5 Å². The van der Waals surface area contributed by atoms with E-state index in [-0.39, 0.29) is 35.6 Å². The largest absolute Gasteiger partial charge is 0.399 e. The quantitative estimate of drug-likeness (QED) is 0.166. The van der Waals surface area contributed by atoms with E-state index in [0.717, 1.165) is 56.6 Å². The number of aliphatic hydroxyl groups excluding tert-OH is 1. The van der Waals surface area contributed by atoms with Crippen molar-refractivity contribution in [3.63, 3.8) is 0 Å². The number of hydrogen-bond donors (Lipinski definition) is 4. The van der Waals surface area contributed by atoms with Crippen molar-refractivity contribution in [2.45, 2.75) is 56.7 Å². The summed E-state index contributed by atoms with van der Waals surface area (Å²) < 4.78 is 13.7. The molecule has 1 aromatic rings. The van der Waals surface area contributed by atoms with Crippen LogP contribution < -0.4 is 5.32 Å². The number of benzene rings is 1. The average molecular weight is 541 g/mol. The van der Waals surface area contributed by atoms with Crippen molar-refractivity contribution < 1.29 is 19.1 Å². The van der Waals surface area contributed by atoms with E-state index < -0.39 is 6.10 Å². The van der Waals surface area contributed by atoms with E-state index in [4.69, 9.17) is 4.84 Å². The van der Waals surface area contributed by atoms with Crippen LogP contribution in [-0.4, -0.2) is 96.1 Å². The number of rotatable bonds is 14. The molecule has 1 amide bonds. The first-order valence-corrected chi connectivity index (χ1v) is 14.2. The number of halogens is 1. The normalized spacial score (nSPS) is 26.4. The predicted octanol–water partition coefficient (Wildman–Crippen LogP) is 2.81. The number of piperidine rings is 1. The number of nitrogens with zero attached hydrogens (tertiary/aromatic N) is 3. The molecule has 3 rings (SSSR count). The summed E-state index contributed by atoms with van der Waals surface area (Å²) in [5.74, 6) is 1.17. The fourth-order valence-electron chi connectivity index (χ4n) is 6.01. The summed E-state index contributed by atoms with van der Waals surface area (Å²) in [6.07, 6.45) is 2.73. The molecule has 0 aromatic heterocycles. The highest BCUT2D eigenvalue weighted by Crippen LogP contribution is 2.48. The van der Waals surface area contributed by atoms with Crippen molar-refractivity contribution in [2.75, 3.05) is 51.3 Å². The van der Waals surface area contributed by atoms with Crippen LogP contribution in [0.15, 0.2) is 29.4 Å². The van der Waals surface area contributed by atoms with Crippen LogP contribution >= 0.6 is 25.3 Å². The number of hydrogen-bond acceptors (Lipinski definition) is 8. The van der Waals surface area contributed by atoms with Gasteiger partial charge in [-0.05, 0) is 55.8 Å². The fraction of sp³-hybridized carbons (Fsp3) is 0.692. The molecule has 0 aliphatic carbocycles. The Morgan fingerprint density at radius 2 is 2.00 bits per heavy atom. The Morgan fingerprint density at radius 3 is 2.64 bits per heavy atom. The lowest BCUT2D eigenvalue weighted by Gasteiger charge is -2.45. The molecule has 2 aliphatic rings. The second kappa shape index (κ2) is 14.6. The van der Waals surface area contributed by atoms with E-state index in [9.17, 15) is 14.3 Å². The number of carbonyl (C=O) groups excluding carboxylic acids is 1. The topological polar surface area (TPSA) is 77.4 Å². The molecule has 0 spiro atoms. The molecule has 5 atom stereocenters. The molecule has 5 unspecified atom stereocenters. The molecule has 7 nitrogen and oxygen atoms in total. The van der Waals surface area contributed by atoms with Gasteiger partial charge in [0.05, 0.1) is 18.4 Å². The third-order valence-electron chi connectivity index (χ3n) is 7.45. The molecule has 10 heteroatoms. The lowest BCUT2D eigenvalue weighted by molar-refractivity contribution is -0.122. The summed E-state index contributed by atoms with van der Waals surface area (Å²) in [6.45, 7) is 5.31. The van der Waals surface area contributed by atoms with E-state index >= 15 is 0 Å². The summed E-state index contributed by atoms with van der Waals surface area (Å²) in [4.78, 5) is 22.0. The van der Waals surface area contributed by atoms with Gasteiger partial charge in [0.25, 0.3) is 0 Å². The van der Waals surface area contributed by atoms with Crippen molar-refractivity contribution in [2.24, 2.45) is 11.1 Å². The summed E-state index contributed by atoms with van der Waals surface area (Å²) in [5, 5.41) is 18.4. The lowest BCUT2D eigenvalue weighted by Crippen LogP contribution is -2.53. The van der Waals surface area contributed by atoms with Gasteiger partial charge >= 0.3 is 0 Å². The Labute approximate surface area is 225 Å². The van der Waals surface area contributed by atoms with Gasteiger partial charge in [0.2, 0.25) is 5.91 Å². The van der Waals surface area contributed by atoms with Crippen LogP contribution in [0.4, 0.5) is 4.39 Å². The summed E-state index contributed by atoms with van der Waals surface area (Å²) >= 11 is 8.51. The monoisotopic (exact) mass is 540 g/mol. The predicted molar refractivity (Wildman–Crippen MR) is 149 cm³/mol. The minimum Gasteiger partial charge on any atom is -0.399 e. The average Bonchev–Trinajstić information content (AvgIpc) is 3.07. The molecule has 2 saturated heterocycles. The summed E-state index contributed by atoms with van der Waals surface area (Å²) in [6, 6.07) is 6.92. The van der Waals surface area contributed by atoms with Gasteiger partial charge < -0.3 is 15.3 Å². The molecule has 2 aliphatic heterocycles. The highest BCUT2D eigenvalue weighted by molar-refractivity contribution is 7.80. The van der Waals surface area contributed by atoms with E-state index in [1.165, 1.54) is 12.1 Å². The van der Waals surface area contributed by atoms with Crippen LogP contribution in [0, 0.1) is 11.7 Å². The van der Waals surface area contributed by atoms with Crippen molar-refractivity contribution in [1.29, 1.82) is 0 Å². The highest BCUT2D eigenvalue weighted by Gasteiger charge is 2.53. The maximum Gasteiger partial charge on any atom is 0.234 e. The second-order valence-electron chi connectivity index (χ2n) is 9.65. The first-order chi connectivity index (χ1) is 17.4. The molecule has 2 fully saturated rings. The summed E-state index contributed by atoms with van der Waals surface area (Å²) in [5.41, 5.74) is 2.01. The van der Waals surface area contributed by atoms with Crippen LogP contribution in [-0.2, 0) is 9.63 Å². The number of thiol groups is 2. The number of oxime groups is 1. The van der Waals surface area contributed by atoms with Gasteiger partial charge in [-0.2, -0.15) is 25.3 Å². The van der Waals surface area contributed by atoms with Crippen molar-refractivity contribution in [3.8, 4) is 0 Å². The third kappa shape index (κ3) is 7.37. The van der Waals surface area contributed by atoms with Gasteiger partial charge in [-0.15, -0.1) is 0 Å². The second-order valence-corrected chi connectivity index (χ2v) is 10.5. The molecule has 2 bridgehead atoms. The van der Waals surface area contributed by atoms with Crippen LogP contribution in [0.2, 0.25) is 0 Å². The van der Waals surface area contributed by atoms with Gasteiger partial charge in [0.1, 0.15) is 12.9 Å². The van der Waals surface area contributed by atoms with Crippen LogP contribution in [0.3, 0.4) is 0 Å². The van der Waals surface area contributed by atoms with Gasteiger partial charge in [0.15, 0.2) is 0 Å². The first kappa shape index (κ1) is 29.2. The van der Waals surface area contributed by atoms with E-state index in [1.54, 1.807) is 7.11 Å². The SMILES string of the molecule is CCC(=NOC)C1C(c2ccc(F)cc2)CC2CC(O)C1N2CCCN(CCS)CC(=O)NCCS. The molecule has 202 valence electrons. The fourth-order valence-corrected chi connectivity index (χ4v) is 6.40. The highest BCUT2D eigenvalue weighted by atomic mass is 32.1. The molecular formula is C26H41FN4O3S2. The maximum absolute atomic E-state index is 13.7. The molecule has 2 heterocycles. The number of fused-ring (bicyclic) bond motifs is 2. The van der Waals surface area contributed by atoms with Gasteiger partial charge in [0, 0.05) is 49.1 Å². The number of aliphatic hydroxyl groups is 1. The van der Waals surface area contributed by atoms with Gasteiger partial charge in [-0.25, -0.2) is 4.39 Å². The zero-order valence-corrected chi connectivity index (χ0v) is 23.1. The lowest BCUT2D eigenvalue weighted by atomic mass is 9.72. The molecule has 36 heavy (non-hydrogen) atoms. The Balaban J connectivity index is 1.74. The number of carbonyl (C=O) groups is 1. The number of amides is 1. The zero-order valence-electron chi connectivity index (χ0n) is 21.4. The Hall–Kier alpha value is -1.33. The van der Waals surface area contributed by atoms with Gasteiger partial charge in [-0.3, -0.25) is 14.6 Å². The molecule has 0 saturated carbocycles. The minimum absolute atomic E-state index is 0.00451. The van der Waals surface area contributed by atoms with E-state index in [0.29, 0.717) is 24.6 Å². The Morgan fingerprint density at radius 1 is 1.25 bits per heavy atom. The standard InChI is InChI=1S/C26H41FN4O3S2/c1-3-22(29-34-2)25-21(18-5-7-19(27)8-6-18)15-20-16-23(32)26(25)31(20)11-4-10-30(12-14-36)17-24(33)28-9-13-35/h5-8,20-21,23,25-26,32,35-36H,3-4,9-17H2,1-2H3,(H,28,33). The number of nitrogens with one attached hydrogen (secondary N) is 1. The molecular weight excluding hydrogens is 499 g/mol. The summed E-state index contributed by atoms with van der Waals surface area (Å²) in [7, 11) is 1.56.